The monoisotopic (exact) mass is 285 g/mol. The van der Waals surface area contributed by atoms with E-state index >= 15 is 0 Å². The predicted octanol–water partition coefficient (Wildman–Crippen LogP) is 4.08. The molecule has 2 aromatic carbocycles. The predicted molar refractivity (Wildman–Crippen MR) is 79.6 cm³/mol. The van der Waals surface area contributed by atoms with E-state index in [1.54, 1.807) is 0 Å². The molecule has 108 valence electrons. The van der Waals surface area contributed by atoms with Crippen molar-refractivity contribution in [2.45, 2.75) is 19.8 Å². The SMILES string of the molecule is CC(C)c1ccccc1-c1cc(C(=O)O)cc([N+](=O)[O-])c1. The fraction of sp³-hybridized carbons (Fsp3) is 0.188. The van der Waals surface area contributed by atoms with Crippen molar-refractivity contribution in [2.24, 2.45) is 0 Å². The molecule has 0 heterocycles. The highest BCUT2D eigenvalue weighted by molar-refractivity contribution is 5.91. The molecule has 21 heavy (non-hydrogen) atoms. The van der Waals surface area contributed by atoms with Gasteiger partial charge in [0, 0.05) is 12.1 Å². The summed E-state index contributed by atoms with van der Waals surface area (Å²) in [5, 5.41) is 20.1. The first-order valence-electron chi connectivity index (χ1n) is 6.52. The molecule has 0 spiro atoms. The van der Waals surface area contributed by atoms with Crippen LogP contribution in [0.15, 0.2) is 42.5 Å². The number of nitro benzene ring substituents is 1. The van der Waals surface area contributed by atoms with Crippen LogP contribution in [0.5, 0.6) is 0 Å². The number of nitrogens with zero attached hydrogens (tertiary/aromatic N) is 1. The second-order valence-corrected chi connectivity index (χ2v) is 5.07. The normalized spacial score (nSPS) is 10.6. The largest absolute Gasteiger partial charge is 0.478 e. The number of hydrogen-bond acceptors (Lipinski definition) is 3. The quantitative estimate of drug-likeness (QED) is 0.677. The van der Waals surface area contributed by atoms with Gasteiger partial charge in [0.2, 0.25) is 0 Å². The average molecular weight is 285 g/mol. The Kier molecular flexibility index (Phi) is 4.03. The van der Waals surface area contributed by atoms with Crippen LogP contribution in [0.1, 0.15) is 35.7 Å². The molecule has 0 fully saturated rings. The Bertz CT molecular complexity index is 675. The molecule has 1 N–H and O–H groups in total. The van der Waals surface area contributed by atoms with Gasteiger partial charge in [-0.15, -0.1) is 0 Å². The number of carboxylic acids is 1. The van der Waals surface area contributed by atoms with Crippen LogP contribution in [0.3, 0.4) is 0 Å². The first-order chi connectivity index (χ1) is 9.90. The van der Waals surface area contributed by atoms with E-state index in [4.69, 9.17) is 5.11 Å². The smallest absolute Gasteiger partial charge is 0.335 e. The van der Waals surface area contributed by atoms with E-state index in [1.807, 2.05) is 38.1 Å². The first kappa shape index (κ1) is 14.7. The molecule has 0 amide bonds. The number of benzene rings is 2. The van der Waals surface area contributed by atoms with Gasteiger partial charge in [-0.3, -0.25) is 10.1 Å². The zero-order chi connectivity index (χ0) is 15.6. The fourth-order valence-electron chi connectivity index (χ4n) is 2.26. The number of rotatable bonds is 4. The van der Waals surface area contributed by atoms with Gasteiger partial charge in [-0.05, 0) is 28.7 Å². The van der Waals surface area contributed by atoms with Crippen molar-refractivity contribution in [3.8, 4) is 11.1 Å². The summed E-state index contributed by atoms with van der Waals surface area (Å²) in [6.07, 6.45) is 0. The van der Waals surface area contributed by atoms with Gasteiger partial charge >= 0.3 is 5.97 Å². The van der Waals surface area contributed by atoms with Crippen LogP contribution >= 0.6 is 0 Å². The van der Waals surface area contributed by atoms with Gasteiger partial charge in [0.15, 0.2) is 0 Å². The summed E-state index contributed by atoms with van der Waals surface area (Å²) in [7, 11) is 0. The van der Waals surface area contributed by atoms with Crippen molar-refractivity contribution in [1.82, 2.24) is 0 Å². The minimum absolute atomic E-state index is 0.0854. The summed E-state index contributed by atoms with van der Waals surface area (Å²) in [6.45, 7) is 4.04. The van der Waals surface area contributed by atoms with Crippen molar-refractivity contribution in [2.75, 3.05) is 0 Å². The lowest BCUT2D eigenvalue weighted by molar-refractivity contribution is -0.384. The zero-order valence-corrected chi connectivity index (χ0v) is 11.7. The van der Waals surface area contributed by atoms with Crippen LogP contribution in [-0.4, -0.2) is 16.0 Å². The van der Waals surface area contributed by atoms with Gasteiger partial charge in [-0.2, -0.15) is 0 Å². The highest BCUT2D eigenvalue weighted by Gasteiger charge is 2.16. The Hall–Kier alpha value is -2.69. The van der Waals surface area contributed by atoms with Crippen LogP contribution in [0.25, 0.3) is 11.1 Å². The van der Waals surface area contributed by atoms with Gasteiger partial charge in [0.1, 0.15) is 0 Å². The molecule has 0 saturated carbocycles. The van der Waals surface area contributed by atoms with E-state index < -0.39 is 10.9 Å². The van der Waals surface area contributed by atoms with Gasteiger partial charge in [-0.1, -0.05) is 38.1 Å². The standard InChI is InChI=1S/C16H15NO4/c1-10(2)14-5-3-4-6-15(14)11-7-12(16(18)19)9-13(8-11)17(20)21/h3-10H,1-2H3,(H,18,19). The number of carbonyl (C=O) groups is 1. The van der Waals surface area contributed by atoms with E-state index in [0.717, 1.165) is 17.2 Å². The van der Waals surface area contributed by atoms with Crippen molar-refractivity contribution in [1.29, 1.82) is 0 Å². The number of carboxylic acid groups (broad SMARTS) is 1. The number of hydrogen-bond donors (Lipinski definition) is 1. The van der Waals surface area contributed by atoms with E-state index in [9.17, 15) is 14.9 Å². The minimum atomic E-state index is -1.18. The van der Waals surface area contributed by atoms with E-state index in [0.29, 0.717) is 5.56 Å². The van der Waals surface area contributed by atoms with Crippen molar-refractivity contribution >= 4 is 11.7 Å². The molecule has 0 aromatic heterocycles. The Morgan fingerprint density at radius 2 is 1.86 bits per heavy atom. The molecule has 0 atom stereocenters. The van der Waals surface area contributed by atoms with Gasteiger partial charge < -0.3 is 5.11 Å². The molecule has 5 nitrogen and oxygen atoms in total. The van der Waals surface area contributed by atoms with Gasteiger partial charge in [0.25, 0.3) is 5.69 Å². The highest BCUT2D eigenvalue weighted by Crippen LogP contribution is 2.32. The molecule has 5 heteroatoms. The molecule has 0 bridgehead atoms. The van der Waals surface area contributed by atoms with E-state index in [-0.39, 0.29) is 17.2 Å². The Balaban J connectivity index is 2.69. The van der Waals surface area contributed by atoms with Crippen LogP contribution < -0.4 is 0 Å². The van der Waals surface area contributed by atoms with Crippen LogP contribution in [0.2, 0.25) is 0 Å². The van der Waals surface area contributed by atoms with Crippen molar-refractivity contribution in [3.05, 3.63) is 63.7 Å². The third kappa shape index (κ3) is 3.08. The molecule has 0 unspecified atom stereocenters. The van der Waals surface area contributed by atoms with Crippen molar-refractivity contribution < 1.29 is 14.8 Å². The third-order valence-corrected chi connectivity index (χ3v) is 3.27. The molecule has 2 rings (SSSR count). The highest BCUT2D eigenvalue weighted by atomic mass is 16.6. The summed E-state index contributed by atoms with van der Waals surface area (Å²) in [5.41, 5.74) is 2.08. The van der Waals surface area contributed by atoms with Crippen LogP contribution in [0.4, 0.5) is 5.69 Å². The Morgan fingerprint density at radius 3 is 2.43 bits per heavy atom. The van der Waals surface area contributed by atoms with E-state index in [1.165, 1.54) is 12.1 Å². The summed E-state index contributed by atoms with van der Waals surface area (Å²) in [4.78, 5) is 21.6. The molecule has 0 radical (unpaired) electrons. The topological polar surface area (TPSA) is 80.4 Å². The van der Waals surface area contributed by atoms with E-state index in [2.05, 4.69) is 0 Å². The maximum absolute atomic E-state index is 11.2. The molecule has 0 aliphatic carbocycles. The maximum atomic E-state index is 11.2. The summed E-state index contributed by atoms with van der Waals surface area (Å²) in [6, 6.07) is 11.5. The molecule has 0 aliphatic rings. The second kappa shape index (κ2) is 5.75. The number of non-ortho nitro benzene ring substituents is 1. The Labute approximate surface area is 122 Å². The summed E-state index contributed by atoms with van der Waals surface area (Å²) >= 11 is 0. The summed E-state index contributed by atoms with van der Waals surface area (Å²) in [5.74, 6) is -0.948. The van der Waals surface area contributed by atoms with Crippen LogP contribution in [-0.2, 0) is 0 Å². The number of nitro groups is 1. The van der Waals surface area contributed by atoms with Crippen LogP contribution in [0, 0.1) is 10.1 Å². The zero-order valence-electron chi connectivity index (χ0n) is 11.7. The Morgan fingerprint density at radius 1 is 1.19 bits per heavy atom. The van der Waals surface area contributed by atoms with Gasteiger partial charge in [0.05, 0.1) is 10.5 Å². The molecule has 0 saturated heterocycles. The molecule has 0 aliphatic heterocycles. The molecular weight excluding hydrogens is 270 g/mol. The fourth-order valence-corrected chi connectivity index (χ4v) is 2.26. The van der Waals surface area contributed by atoms with Crippen molar-refractivity contribution in [3.63, 3.8) is 0 Å². The lowest BCUT2D eigenvalue weighted by Crippen LogP contribution is -2.00. The lowest BCUT2D eigenvalue weighted by atomic mass is 9.91. The lowest BCUT2D eigenvalue weighted by Gasteiger charge is -2.13. The molecule has 2 aromatic rings. The summed E-state index contributed by atoms with van der Waals surface area (Å²) < 4.78 is 0. The first-order valence-corrected chi connectivity index (χ1v) is 6.52. The average Bonchev–Trinajstić information content (AvgIpc) is 2.46. The number of aromatic carboxylic acids is 1. The van der Waals surface area contributed by atoms with Gasteiger partial charge in [-0.25, -0.2) is 4.79 Å². The minimum Gasteiger partial charge on any atom is -0.478 e. The molecular formula is C16H15NO4. The third-order valence-electron chi connectivity index (χ3n) is 3.27. The second-order valence-electron chi connectivity index (χ2n) is 5.07. The maximum Gasteiger partial charge on any atom is 0.335 e.